The maximum absolute atomic E-state index is 11.9. The van der Waals surface area contributed by atoms with Crippen LogP contribution in [0.3, 0.4) is 0 Å². The summed E-state index contributed by atoms with van der Waals surface area (Å²) in [6.45, 7) is 10.2. The van der Waals surface area contributed by atoms with Gasteiger partial charge in [-0.25, -0.2) is 9.78 Å². The molecule has 3 heterocycles. The van der Waals surface area contributed by atoms with E-state index >= 15 is 0 Å². The molecule has 144 valence electrons. The van der Waals surface area contributed by atoms with Gasteiger partial charge >= 0.3 is 5.76 Å². The van der Waals surface area contributed by atoms with Crippen LogP contribution in [0.5, 0.6) is 0 Å². The normalized spacial score (nSPS) is 16.5. The fourth-order valence-electron chi connectivity index (χ4n) is 3.70. The molecule has 2 aromatic rings. The highest BCUT2D eigenvalue weighted by Gasteiger charge is 2.15. The molecule has 0 spiro atoms. The molecule has 0 aromatic carbocycles. The quantitative estimate of drug-likeness (QED) is 0.610. The predicted molar refractivity (Wildman–Crippen MR) is 105 cm³/mol. The highest BCUT2D eigenvalue weighted by Crippen LogP contribution is 2.11. The molecule has 1 aliphatic rings. The van der Waals surface area contributed by atoms with Crippen LogP contribution in [-0.4, -0.2) is 58.6 Å². The minimum absolute atomic E-state index is 0.294. The zero-order valence-electron chi connectivity index (χ0n) is 16.0. The van der Waals surface area contributed by atoms with Gasteiger partial charge < -0.3 is 14.2 Å². The Hall–Kier alpha value is -1.66. The van der Waals surface area contributed by atoms with Crippen molar-refractivity contribution in [3.63, 3.8) is 0 Å². The Bertz CT molecular complexity index is 716. The van der Waals surface area contributed by atoms with E-state index in [2.05, 4.69) is 21.7 Å². The van der Waals surface area contributed by atoms with Gasteiger partial charge in [-0.2, -0.15) is 0 Å². The maximum Gasteiger partial charge on any atom is 0.421 e. The lowest BCUT2D eigenvalue weighted by molar-refractivity contribution is 0.129. The average Bonchev–Trinajstić information content (AvgIpc) is 2.98. The molecule has 6 heteroatoms. The largest absolute Gasteiger partial charge is 0.421 e. The fourth-order valence-corrected chi connectivity index (χ4v) is 3.70. The number of aryl methyl sites for hydroxylation is 1. The summed E-state index contributed by atoms with van der Waals surface area (Å²) >= 11 is 0. The van der Waals surface area contributed by atoms with Crippen LogP contribution in [0.25, 0.3) is 11.2 Å². The SMILES string of the molecule is CCCCCN1CCN(CCCCCn2c(=O)oc3cccnc32)CC1. The molecule has 6 nitrogen and oxygen atoms in total. The van der Waals surface area contributed by atoms with Crippen LogP contribution in [0.4, 0.5) is 0 Å². The fraction of sp³-hybridized carbons (Fsp3) is 0.700. The summed E-state index contributed by atoms with van der Waals surface area (Å²) in [4.78, 5) is 21.4. The number of hydrogen-bond acceptors (Lipinski definition) is 5. The van der Waals surface area contributed by atoms with E-state index in [-0.39, 0.29) is 5.76 Å². The van der Waals surface area contributed by atoms with Crippen molar-refractivity contribution in [1.82, 2.24) is 19.4 Å². The second kappa shape index (κ2) is 9.88. The Morgan fingerprint density at radius 1 is 0.962 bits per heavy atom. The van der Waals surface area contributed by atoms with Crippen molar-refractivity contribution in [3.8, 4) is 0 Å². The number of rotatable bonds is 10. The first kappa shape index (κ1) is 19.1. The molecule has 1 aliphatic heterocycles. The highest BCUT2D eigenvalue weighted by atomic mass is 16.4. The Morgan fingerprint density at radius 2 is 1.62 bits per heavy atom. The zero-order chi connectivity index (χ0) is 18.2. The van der Waals surface area contributed by atoms with Gasteiger partial charge in [0.15, 0.2) is 11.2 Å². The zero-order valence-corrected chi connectivity index (χ0v) is 16.0. The van der Waals surface area contributed by atoms with Crippen molar-refractivity contribution in [2.75, 3.05) is 39.3 Å². The van der Waals surface area contributed by atoms with Gasteiger partial charge in [-0.1, -0.05) is 26.2 Å². The predicted octanol–water partition coefficient (Wildman–Crippen LogP) is 2.97. The molecule has 0 amide bonds. The van der Waals surface area contributed by atoms with Gasteiger partial charge in [0, 0.05) is 38.9 Å². The summed E-state index contributed by atoms with van der Waals surface area (Å²) in [5.74, 6) is -0.294. The molecule has 1 fully saturated rings. The van der Waals surface area contributed by atoms with Gasteiger partial charge in [-0.15, -0.1) is 0 Å². The smallest absolute Gasteiger partial charge is 0.406 e. The molecule has 0 radical (unpaired) electrons. The lowest BCUT2D eigenvalue weighted by Gasteiger charge is -2.34. The Labute approximate surface area is 155 Å². The van der Waals surface area contributed by atoms with Crippen molar-refractivity contribution in [1.29, 1.82) is 0 Å². The second-order valence-electron chi connectivity index (χ2n) is 7.30. The van der Waals surface area contributed by atoms with Crippen LogP contribution in [-0.2, 0) is 6.54 Å². The lowest BCUT2D eigenvalue weighted by Crippen LogP contribution is -2.46. The van der Waals surface area contributed by atoms with Crippen LogP contribution in [0.2, 0.25) is 0 Å². The third-order valence-electron chi connectivity index (χ3n) is 5.32. The van der Waals surface area contributed by atoms with Gasteiger partial charge in [0.25, 0.3) is 0 Å². The van der Waals surface area contributed by atoms with E-state index in [9.17, 15) is 4.79 Å². The lowest BCUT2D eigenvalue weighted by atomic mass is 10.2. The molecule has 26 heavy (non-hydrogen) atoms. The maximum atomic E-state index is 11.9. The summed E-state index contributed by atoms with van der Waals surface area (Å²) in [5, 5.41) is 0. The van der Waals surface area contributed by atoms with E-state index in [1.165, 1.54) is 65.0 Å². The van der Waals surface area contributed by atoms with Crippen molar-refractivity contribution < 1.29 is 4.42 Å². The first-order valence-electron chi connectivity index (χ1n) is 10.2. The molecule has 0 N–H and O–H groups in total. The van der Waals surface area contributed by atoms with Crippen LogP contribution in [0, 0.1) is 0 Å². The van der Waals surface area contributed by atoms with Crippen LogP contribution < -0.4 is 5.76 Å². The molecule has 0 aliphatic carbocycles. The van der Waals surface area contributed by atoms with E-state index in [4.69, 9.17) is 4.42 Å². The highest BCUT2D eigenvalue weighted by molar-refractivity contribution is 5.67. The summed E-state index contributed by atoms with van der Waals surface area (Å²) in [5.41, 5.74) is 1.24. The average molecular weight is 361 g/mol. The third-order valence-corrected chi connectivity index (χ3v) is 5.32. The summed E-state index contributed by atoms with van der Waals surface area (Å²) in [6.07, 6.45) is 9.00. The monoisotopic (exact) mass is 360 g/mol. The molecule has 0 saturated carbocycles. The molecule has 3 rings (SSSR count). The Kier molecular flexibility index (Phi) is 7.26. The van der Waals surface area contributed by atoms with E-state index in [1.807, 2.05) is 0 Å². The van der Waals surface area contributed by atoms with Gasteiger partial charge in [0.1, 0.15) is 0 Å². The molecule has 0 atom stereocenters. The summed E-state index contributed by atoms with van der Waals surface area (Å²) in [6, 6.07) is 3.58. The van der Waals surface area contributed by atoms with E-state index in [1.54, 1.807) is 22.9 Å². The minimum Gasteiger partial charge on any atom is -0.406 e. The van der Waals surface area contributed by atoms with Gasteiger partial charge in [0.2, 0.25) is 0 Å². The summed E-state index contributed by atoms with van der Waals surface area (Å²) < 4.78 is 6.89. The molecule has 1 saturated heterocycles. The number of pyridine rings is 1. The van der Waals surface area contributed by atoms with Crippen molar-refractivity contribution in [2.45, 2.75) is 52.0 Å². The number of oxazole rings is 1. The first-order valence-corrected chi connectivity index (χ1v) is 10.2. The van der Waals surface area contributed by atoms with Crippen LogP contribution >= 0.6 is 0 Å². The Morgan fingerprint density at radius 3 is 2.31 bits per heavy atom. The van der Waals surface area contributed by atoms with E-state index in [0.29, 0.717) is 17.8 Å². The molecular weight excluding hydrogens is 328 g/mol. The second-order valence-corrected chi connectivity index (χ2v) is 7.30. The number of nitrogens with zero attached hydrogens (tertiary/aromatic N) is 4. The van der Waals surface area contributed by atoms with Gasteiger partial charge in [-0.3, -0.25) is 4.57 Å². The number of aromatic nitrogens is 2. The van der Waals surface area contributed by atoms with Crippen molar-refractivity contribution in [3.05, 3.63) is 28.9 Å². The topological polar surface area (TPSA) is 54.5 Å². The number of hydrogen-bond donors (Lipinski definition) is 0. The Balaban J connectivity index is 1.31. The van der Waals surface area contributed by atoms with E-state index < -0.39 is 0 Å². The van der Waals surface area contributed by atoms with Crippen molar-refractivity contribution in [2.24, 2.45) is 0 Å². The number of unbranched alkanes of at least 4 members (excludes halogenated alkanes) is 4. The minimum atomic E-state index is -0.294. The first-order chi connectivity index (χ1) is 12.8. The molecule has 2 aromatic heterocycles. The number of piperazine rings is 1. The van der Waals surface area contributed by atoms with Gasteiger partial charge in [0.05, 0.1) is 0 Å². The molecular formula is C20H32N4O2. The van der Waals surface area contributed by atoms with Crippen molar-refractivity contribution >= 4 is 11.2 Å². The van der Waals surface area contributed by atoms with Crippen LogP contribution in [0.1, 0.15) is 45.4 Å². The van der Waals surface area contributed by atoms with Crippen LogP contribution in [0.15, 0.2) is 27.5 Å². The molecule has 0 bridgehead atoms. The summed E-state index contributed by atoms with van der Waals surface area (Å²) in [7, 11) is 0. The van der Waals surface area contributed by atoms with E-state index in [0.717, 1.165) is 12.8 Å². The van der Waals surface area contributed by atoms with Gasteiger partial charge in [-0.05, 0) is 44.5 Å². The standard InChI is InChI=1S/C20H32N4O2/c1-2-3-5-11-22-14-16-23(17-15-22)12-6-4-7-13-24-19-18(26-20(24)25)9-8-10-21-19/h8-10H,2-7,11-17H2,1H3. The third kappa shape index (κ3) is 5.17. The number of fused-ring (bicyclic) bond motifs is 1. The molecule has 0 unspecified atom stereocenters.